The molecule has 34 heavy (non-hydrogen) atoms. The number of rotatable bonds is 10. The molecule has 2 N–H and O–H groups in total. The van der Waals surface area contributed by atoms with Gasteiger partial charge < -0.3 is 15.0 Å². The summed E-state index contributed by atoms with van der Waals surface area (Å²) in [6.45, 7) is 4.30. The Morgan fingerprint density at radius 3 is 2.65 bits per heavy atom. The van der Waals surface area contributed by atoms with Crippen LogP contribution in [0.15, 0.2) is 30.6 Å². The van der Waals surface area contributed by atoms with Gasteiger partial charge in [-0.15, -0.1) is 37.2 Å². The quantitative estimate of drug-likeness (QED) is 0.354. The molecule has 4 rings (SSSR count). The number of aromatic nitrogens is 2. The Morgan fingerprint density at radius 2 is 1.91 bits per heavy atom. The molecular weight excluding hydrogens is 495 g/mol. The molecule has 192 valence electrons. The second-order valence-electron chi connectivity index (χ2n) is 8.98. The maximum Gasteiger partial charge on any atom is 0.323 e. The van der Waals surface area contributed by atoms with Gasteiger partial charge in [0.15, 0.2) is 0 Å². The lowest BCUT2D eigenvalue weighted by atomic mass is 9.98. The van der Waals surface area contributed by atoms with Gasteiger partial charge in [-0.1, -0.05) is 50.8 Å². The molecule has 2 aliphatic rings. The normalized spacial score (nSPS) is 17.4. The molecule has 2 atom stereocenters. The molecule has 2 aliphatic heterocycles. The Kier molecular flexibility index (Phi) is 13.5. The SMILES string of the molecule is CCCCCCCOC(=O)[C@H](Cc1ncn2c1CCc1ccccc1-2)N1CC[C@H](N)C1.Cl.Cl.Cl. The highest BCUT2D eigenvalue weighted by molar-refractivity contribution is 5.86. The van der Waals surface area contributed by atoms with Gasteiger partial charge in [-0.05, 0) is 37.3 Å². The van der Waals surface area contributed by atoms with Crippen LogP contribution in [0, 0.1) is 0 Å². The number of unbranched alkanes of at least 4 members (excludes halogenated alkanes) is 4. The van der Waals surface area contributed by atoms with Crippen molar-refractivity contribution in [3.63, 3.8) is 0 Å². The van der Waals surface area contributed by atoms with Crippen LogP contribution in [0.5, 0.6) is 0 Å². The Hall–Kier alpha value is -1.31. The first kappa shape index (κ1) is 30.7. The van der Waals surface area contributed by atoms with Crippen LogP contribution < -0.4 is 5.73 Å². The van der Waals surface area contributed by atoms with E-state index in [9.17, 15) is 4.79 Å². The molecule has 3 heterocycles. The van der Waals surface area contributed by atoms with Gasteiger partial charge in [-0.25, -0.2) is 4.98 Å². The monoisotopic (exact) mass is 532 g/mol. The number of fused-ring (bicyclic) bond motifs is 3. The van der Waals surface area contributed by atoms with Crippen molar-refractivity contribution >= 4 is 43.2 Å². The molecule has 2 aromatic rings. The van der Waals surface area contributed by atoms with Gasteiger partial charge in [0, 0.05) is 36.9 Å². The van der Waals surface area contributed by atoms with Crippen molar-refractivity contribution in [2.45, 2.75) is 76.8 Å². The van der Waals surface area contributed by atoms with Gasteiger partial charge in [0.05, 0.1) is 18.6 Å². The third-order valence-corrected chi connectivity index (χ3v) is 6.68. The fraction of sp³-hybridized carbons (Fsp3) is 0.600. The number of aryl methyl sites for hydroxylation is 1. The molecule has 0 amide bonds. The summed E-state index contributed by atoms with van der Waals surface area (Å²) in [5, 5.41) is 0. The fourth-order valence-corrected chi connectivity index (χ4v) is 4.88. The number of nitrogens with two attached hydrogens (primary N) is 1. The molecule has 0 aliphatic carbocycles. The van der Waals surface area contributed by atoms with Crippen LogP contribution in [0.3, 0.4) is 0 Å². The van der Waals surface area contributed by atoms with Gasteiger partial charge in [-0.3, -0.25) is 9.69 Å². The number of esters is 1. The minimum Gasteiger partial charge on any atom is -0.465 e. The zero-order valence-corrected chi connectivity index (χ0v) is 22.4. The predicted molar refractivity (Wildman–Crippen MR) is 144 cm³/mol. The largest absolute Gasteiger partial charge is 0.465 e. The zero-order chi connectivity index (χ0) is 21.6. The first-order valence-corrected chi connectivity index (χ1v) is 12.0. The van der Waals surface area contributed by atoms with Gasteiger partial charge >= 0.3 is 5.97 Å². The van der Waals surface area contributed by atoms with Crippen molar-refractivity contribution in [2.24, 2.45) is 5.73 Å². The molecule has 0 bridgehead atoms. The van der Waals surface area contributed by atoms with Crippen LogP contribution in [0.4, 0.5) is 0 Å². The zero-order valence-electron chi connectivity index (χ0n) is 20.0. The molecule has 0 unspecified atom stereocenters. The van der Waals surface area contributed by atoms with E-state index in [0.29, 0.717) is 13.0 Å². The number of para-hydroxylation sites is 1. The lowest BCUT2D eigenvalue weighted by molar-refractivity contribution is -0.149. The number of carbonyl (C=O) groups excluding carboxylic acids is 1. The first-order valence-electron chi connectivity index (χ1n) is 12.0. The third-order valence-electron chi connectivity index (χ3n) is 6.68. The molecular formula is C25H39Cl3N4O2. The molecule has 9 heteroatoms. The van der Waals surface area contributed by atoms with E-state index in [1.165, 1.54) is 36.2 Å². The average Bonchev–Trinajstić information content (AvgIpc) is 3.40. The summed E-state index contributed by atoms with van der Waals surface area (Å²) in [4.78, 5) is 20.0. The van der Waals surface area contributed by atoms with E-state index in [1.807, 2.05) is 6.33 Å². The predicted octanol–water partition coefficient (Wildman–Crippen LogP) is 4.69. The van der Waals surface area contributed by atoms with E-state index in [0.717, 1.165) is 50.9 Å². The van der Waals surface area contributed by atoms with E-state index < -0.39 is 0 Å². The van der Waals surface area contributed by atoms with Crippen LogP contribution in [0.1, 0.15) is 62.4 Å². The van der Waals surface area contributed by atoms with E-state index >= 15 is 0 Å². The number of imidazole rings is 1. The second-order valence-corrected chi connectivity index (χ2v) is 8.98. The van der Waals surface area contributed by atoms with E-state index in [4.69, 9.17) is 15.5 Å². The summed E-state index contributed by atoms with van der Waals surface area (Å²) in [7, 11) is 0. The van der Waals surface area contributed by atoms with Crippen molar-refractivity contribution in [3.8, 4) is 5.69 Å². The number of halogens is 3. The Labute approximate surface area is 222 Å². The van der Waals surface area contributed by atoms with Crippen molar-refractivity contribution in [2.75, 3.05) is 19.7 Å². The number of carbonyl (C=O) groups is 1. The number of likely N-dealkylation sites (tertiary alicyclic amines) is 1. The van der Waals surface area contributed by atoms with E-state index in [1.54, 1.807) is 0 Å². The Bertz CT molecular complexity index is 893. The van der Waals surface area contributed by atoms with Crippen LogP contribution in [-0.4, -0.2) is 52.2 Å². The number of nitrogens with zero attached hydrogens (tertiary/aromatic N) is 3. The van der Waals surface area contributed by atoms with Crippen LogP contribution >= 0.6 is 37.2 Å². The third kappa shape index (κ3) is 7.34. The van der Waals surface area contributed by atoms with Crippen molar-refractivity contribution in [3.05, 3.63) is 47.5 Å². The molecule has 1 aromatic carbocycles. The maximum absolute atomic E-state index is 13.1. The minimum atomic E-state index is -0.305. The van der Waals surface area contributed by atoms with Crippen LogP contribution in [0.2, 0.25) is 0 Å². The highest BCUT2D eigenvalue weighted by atomic mass is 35.5. The lowest BCUT2D eigenvalue weighted by Gasteiger charge is -2.26. The second kappa shape index (κ2) is 14.9. The highest BCUT2D eigenvalue weighted by Gasteiger charge is 2.34. The summed E-state index contributed by atoms with van der Waals surface area (Å²) in [6.07, 6.45) is 11.1. The van der Waals surface area contributed by atoms with Crippen molar-refractivity contribution < 1.29 is 9.53 Å². The summed E-state index contributed by atoms with van der Waals surface area (Å²) in [5.41, 5.74) is 10.9. The number of benzene rings is 1. The standard InChI is InChI=1S/C25H36N4O2.3ClH/c1-2-3-4-5-8-15-31-25(30)24(28-14-13-20(26)17-28)16-21-23-12-11-19-9-6-7-10-22(19)29(23)18-27-21;;;/h6-7,9-10,18,20,24H,2-5,8,11-17,26H2,1H3;3*1H/t20-,24-;;;/m0.../s1. The topological polar surface area (TPSA) is 73.4 Å². The molecule has 1 fully saturated rings. The van der Waals surface area contributed by atoms with Gasteiger partial charge in [-0.2, -0.15) is 0 Å². The summed E-state index contributed by atoms with van der Waals surface area (Å²) in [5.74, 6) is -0.123. The Balaban J connectivity index is 0.00000193. The molecule has 0 spiro atoms. The molecule has 1 aromatic heterocycles. The van der Waals surface area contributed by atoms with Gasteiger partial charge in [0.25, 0.3) is 0 Å². The fourth-order valence-electron chi connectivity index (χ4n) is 4.88. The number of hydrogen-bond donors (Lipinski definition) is 1. The average molecular weight is 534 g/mol. The number of hydrogen-bond acceptors (Lipinski definition) is 5. The minimum absolute atomic E-state index is 0. The van der Waals surface area contributed by atoms with Crippen LogP contribution in [-0.2, 0) is 28.8 Å². The molecule has 1 saturated heterocycles. The highest BCUT2D eigenvalue weighted by Crippen LogP contribution is 2.28. The number of ether oxygens (including phenoxy) is 1. The Morgan fingerprint density at radius 1 is 1.15 bits per heavy atom. The van der Waals surface area contributed by atoms with E-state index in [-0.39, 0.29) is 55.3 Å². The van der Waals surface area contributed by atoms with Crippen molar-refractivity contribution in [1.29, 1.82) is 0 Å². The first-order chi connectivity index (χ1) is 15.2. The van der Waals surface area contributed by atoms with Crippen LogP contribution in [0.25, 0.3) is 5.69 Å². The van der Waals surface area contributed by atoms with Gasteiger partial charge in [0.1, 0.15) is 6.04 Å². The summed E-state index contributed by atoms with van der Waals surface area (Å²) in [6, 6.07) is 8.32. The lowest BCUT2D eigenvalue weighted by Crippen LogP contribution is -2.44. The van der Waals surface area contributed by atoms with Gasteiger partial charge in [0.2, 0.25) is 0 Å². The van der Waals surface area contributed by atoms with E-state index in [2.05, 4.69) is 40.7 Å². The smallest absolute Gasteiger partial charge is 0.323 e. The summed E-state index contributed by atoms with van der Waals surface area (Å²) < 4.78 is 7.92. The maximum atomic E-state index is 13.1. The molecule has 0 radical (unpaired) electrons. The molecule has 0 saturated carbocycles. The molecule has 6 nitrogen and oxygen atoms in total. The summed E-state index contributed by atoms with van der Waals surface area (Å²) >= 11 is 0. The van der Waals surface area contributed by atoms with Crippen molar-refractivity contribution in [1.82, 2.24) is 14.5 Å².